The van der Waals surface area contributed by atoms with E-state index in [1.165, 1.54) is 6.07 Å². The van der Waals surface area contributed by atoms with Gasteiger partial charge in [-0.1, -0.05) is 29.3 Å². The Balaban J connectivity index is 2.33. The smallest absolute Gasteiger partial charge is 0.142 e. The van der Waals surface area contributed by atoms with E-state index in [-0.39, 0.29) is 5.02 Å². The molecule has 0 heterocycles. The lowest BCUT2D eigenvalue weighted by Crippen LogP contribution is -2.14. The van der Waals surface area contributed by atoms with Crippen molar-refractivity contribution in [2.24, 2.45) is 4.99 Å². The molecule has 0 aliphatic rings. The molecular weight excluding hydrogens is 334 g/mol. The molecular formula is C18H19Cl2FN2. The highest BCUT2D eigenvalue weighted by molar-refractivity contribution is 6.31. The zero-order chi connectivity index (χ0) is 17.0. The number of nitrogens with zero attached hydrogens (tertiary/aromatic N) is 2. The first-order chi connectivity index (χ1) is 10.9. The van der Waals surface area contributed by atoms with E-state index in [0.29, 0.717) is 11.4 Å². The number of halogens is 3. The minimum atomic E-state index is -0.410. The second kappa shape index (κ2) is 7.80. The van der Waals surface area contributed by atoms with Gasteiger partial charge in [0.1, 0.15) is 5.82 Å². The van der Waals surface area contributed by atoms with Crippen LogP contribution in [0.25, 0.3) is 0 Å². The van der Waals surface area contributed by atoms with Gasteiger partial charge in [-0.2, -0.15) is 0 Å². The molecule has 0 atom stereocenters. The lowest BCUT2D eigenvalue weighted by atomic mass is 9.99. The molecule has 0 aliphatic carbocycles. The predicted molar refractivity (Wildman–Crippen MR) is 96.9 cm³/mol. The molecule has 2 aromatic rings. The zero-order valence-electron chi connectivity index (χ0n) is 13.4. The van der Waals surface area contributed by atoms with E-state index in [1.54, 1.807) is 12.4 Å². The average molecular weight is 353 g/mol. The lowest BCUT2D eigenvalue weighted by molar-refractivity contribution is 0.552. The molecule has 0 amide bonds. The zero-order valence-corrected chi connectivity index (χ0v) is 14.9. The van der Waals surface area contributed by atoms with Gasteiger partial charge in [0.15, 0.2) is 0 Å². The van der Waals surface area contributed by atoms with Gasteiger partial charge in [-0.25, -0.2) is 9.38 Å². The Labute approximate surface area is 146 Å². The molecule has 23 heavy (non-hydrogen) atoms. The highest BCUT2D eigenvalue weighted by Gasteiger charge is 2.09. The largest absolute Gasteiger partial charge is 0.366 e. The van der Waals surface area contributed by atoms with E-state index in [9.17, 15) is 4.39 Å². The molecule has 122 valence electrons. The number of aliphatic imine (C=N–C) groups is 1. The molecule has 5 heteroatoms. The third-order valence-electron chi connectivity index (χ3n) is 3.72. The van der Waals surface area contributed by atoms with Crippen LogP contribution in [0.3, 0.4) is 0 Å². The normalized spacial score (nSPS) is 11.2. The molecule has 0 saturated heterocycles. The fraction of sp³-hybridized carbons (Fsp3) is 0.278. The van der Waals surface area contributed by atoms with Crippen molar-refractivity contribution in [2.75, 3.05) is 13.6 Å². The molecule has 0 unspecified atom stereocenters. The molecule has 2 rings (SSSR count). The van der Waals surface area contributed by atoms with Crippen LogP contribution in [0.1, 0.15) is 23.6 Å². The van der Waals surface area contributed by atoms with Crippen molar-refractivity contribution < 1.29 is 4.39 Å². The summed E-state index contributed by atoms with van der Waals surface area (Å²) in [6.45, 7) is 4.92. The van der Waals surface area contributed by atoms with Gasteiger partial charge < -0.3 is 4.90 Å². The summed E-state index contributed by atoms with van der Waals surface area (Å²) in [7, 11) is 1.96. The van der Waals surface area contributed by atoms with Crippen LogP contribution in [0.15, 0.2) is 35.3 Å². The van der Waals surface area contributed by atoms with E-state index in [2.05, 4.69) is 11.9 Å². The molecule has 0 aliphatic heterocycles. The van der Waals surface area contributed by atoms with Gasteiger partial charge in [0, 0.05) is 18.6 Å². The van der Waals surface area contributed by atoms with Crippen LogP contribution in [0.4, 0.5) is 10.1 Å². The van der Waals surface area contributed by atoms with Gasteiger partial charge in [-0.3, -0.25) is 0 Å². The fourth-order valence-electron chi connectivity index (χ4n) is 2.15. The van der Waals surface area contributed by atoms with Crippen LogP contribution in [0.5, 0.6) is 0 Å². The summed E-state index contributed by atoms with van der Waals surface area (Å²) in [6, 6.07) is 8.58. The highest BCUT2D eigenvalue weighted by Crippen LogP contribution is 2.29. The van der Waals surface area contributed by atoms with Crippen LogP contribution in [-0.2, 0) is 6.42 Å². The van der Waals surface area contributed by atoms with Crippen LogP contribution in [-0.4, -0.2) is 24.8 Å². The van der Waals surface area contributed by atoms with Crippen LogP contribution in [0, 0.1) is 12.7 Å². The standard InChI is InChI=1S/C18H19Cl2FN2/c1-4-23(3)11-22-18-10-15(19)9-14(12(18)2)7-13-5-6-16(20)17(21)8-13/h5-6,8-11H,4,7H2,1-3H3. The molecule has 0 aromatic heterocycles. The Hall–Kier alpha value is -1.58. The summed E-state index contributed by atoms with van der Waals surface area (Å²) in [4.78, 5) is 6.47. The second-order valence-corrected chi connectivity index (χ2v) is 6.30. The van der Waals surface area contributed by atoms with Gasteiger partial charge in [0.25, 0.3) is 0 Å². The fourth-order valence-corrected chi connectivity index (χ4v) is 2.50. The maximum Gasteiger partial charge on any atom is 0.142 e. The van der Waals surface area contributed by atoms with Crippen LogP contribution in [0.2, 0.25) is 10.0 Å². The monoisotopic (exact) mass is 352 g/mol. The van der Waals surface area contributed by atoms with Crippen molar-refractivity contribution in [1.82, 2.24) is 4.90 Å². The third-order valence-corrected chi connectivity index (χ3v) is 4.25. The van der Waals surface area contributed by atoms with E-state index >= 15 is 0 Å². The maximum atomic E-state index is 13.6. The van der Waals surface area contributed by atoms with Crippen LogP contribution >= 0.6 is 23.2 Å². The minimum Gasteiger partial charge on any atom is -0.366 e. The Kier molecular flexibility index (Phi) is 6.03. The number of hydrogen-bond donors (Lipinski definition) is 0. The molecule has 0 fully saturated rings. The van der Waals surface area contributed by atoms with E-state index in [4.69, 9.17) is 23.2 Å². The molecule has 2 aromatic carbocycles. The first-order valence-corrected chi connectivity index (χ1v) is 8.13. The third kappa shape index (κ3) is 4.69. The Morgan fingerprint density at radius 1 is 1.22 bits per heavy atom. The van der Waals surface area contributed by atoms with Crippen molar-refractivity contribution >= 4 is 35.2 Å². The van der Waals surface area contributed by atoms with Gasteiger partial charge >= 0.3 is 0 Å². The predicted octanol–water partition coefficient (Wildman–Crippen LogP) is 5.64. The van der Waals surface area contributed by atoms with E-state index in [0.717, 1.165) is 28.9 Å². The summed E-state index contributed by atoms with van der Waals surface area (Å²) in [5, 5.41) is 0.746. The Bertz CT molecular complexity index is 729. The minimum absolute atomic E-state index is 0.129. The molecule has 2 nitrogen and oxygen atoms in total. The first-order valence-electron chi connectivity index (χ1n) is 7.38. The summed E-state index contributed by atoms with van der Waals surface area (Å²) in [5.41, 5.74) is 3.72. The first kappa shape index (κ1) is 17.8. The SMILES string of the molecule is CCN(C)C=Nc1cc(Cl)cc(Cc2ccc(Cl)c(F)c2)c1C. The summed E-state index contributed by atoms with van der Waals surface area (Å²) in [5.74, 6) is -0.410. The molecule has 0 radical (unpaired) electrons. The summed E-state index contributed by atoms with van der Waals surface area (Å²) >= 11 is 11.9. The van der Waals surface area contributed by atoms with Gasteiger partial charge in [-0.05, 0) is 61.2 Å². The van der Waals surface area contributed by atoms with E-state index in [1.807, 2.05) is 37.1 Å². The molecule has 0 bridgehead atoms. The Morgan fingerprint density at radius 2 is 1.96 bits per heavy atom. The van der Waals surface area contributed by atoms with Crippen molar-refractivity contribution in [3.05, 3.63) is 62.9 Å². The topological polar surface area (TPSA) is 15.6 Å². The van der Waals surface area contributed by atoms with E-state index < -0.39 is 5.82 Å². The highest BCUT2D eigenvalue weighted by atomic mass is 35.5. The van der Waals surface area contributed by atoms with Crippen molar-refractivity contribution in [3.63, 3.8) is 0 Å². The average Bonchev–Trinajstić information content (AvgIpc) is 2.52. The number of hydrogen-bond acceptors (Lipinski definition) is 1. The molecule has 0 spiro atoms. The number of benzene rings is 2. The second-order valence-electron chi connectivity index (χ2n) is 5.45. The maximum absolute atomic E-state index is 13.6. The van der Waals surface area contributed by atoms with Gasteiger partial charge in [0.05, 0.1) is 17.0 Å². The van der Waals surface area contributed by atoms with Crippen molar-refractivity contribution in [3.8, 4) is 0 Å². The summed E-state index contributed by atoms with van der Waals surface area (Å²) < 4.78 is 13.6. The van der Waals surface area contributed by atoms with Crippen LogP contribution < -0.4 is 0 Å². The number of rotatable bonds is 5. The lowest BCUT2D eigenvalue weighted by Gasteiger charge is -2.12. The van der Waals surface area contributed by atoms with Gasteiger partial charge in [0.2, 0.25) is 0 Å². The van der Waals surface area contributed by atoms with Crippen molar-refractivity contribution in [1.29, 1.82) is 0 Å². The molecule has 0 saturated carbocycles. The quantitative estimate of drug-likeness (QED) is 0.501. The Morgan fingerprint density at radius 3 is 2.61 bits per heavy atom. The summed E-state index contributed by atoms with van der Waals surface area (Å²) in [6.07, 6.45) is 2.36. The molecule has 0 N–H and O–H groups in total. The van der Waals surface area contributed by atoms with Gasteiger partial charge in [-0.15, -0.1) is 0 Å². The van der Waals surface area contributed by atoms with Crippen molar-refractivity contribution in [2.45, 2.75) is 20.3 Å².